The van der Waals surface area contributed by atoms with E-state index < -0.39 is 23.5 Å². The van der Waals surface area contributed by atoms with Crippen LogP contribution in [0.15, 0.2) is 46.9 Å². The van der Waals surface area contributed by atoms with Crippen LogP contribution >= 0.6 is 11.3 Å². The molecule has 3 amide bonds. The highest BCUT2D eigenvalue weighted by atomic mass is 32.1. The number of urea groups is 1. The number of aliphatic imine (C=N–C) groups is 1. The number of cyclic esters (lactones) is 1. The lowest BCUT2D eigenvalue weighted by molar-refractivity contribution is -0.155. The first-order chi connectivity index (χ1) is 26.3. The summed E-state index contributed by atoms with van der Waals surface area (Å²) in [5.41, 5.74) is 9.14. The number of hydrogen-bond acceptors (Lipinski definition) is 10. The first kappa shape index (κ1) is 40.3. The van der Waals surface area contributed by atoms with Crippen molar-refractivity contribution in [1.29, 1.82) is 0 Å². The van der Waals surface area contributed by atoms with Gasteiger partial charge in [-0.15, -0.1) is 11.3 Å². The highest BCUT2D eigenvalue weighted by Crippen LogP contribution is 2.40. The van der Waals surface area contributed by atoms with Gasteiger partial charge in [0.2, 0.25) is 0 Å². The molecule has 5 atom stereocenters. The zero-order chi connectivity index (χ0) is 39.6. The van der Waals surface area contributed by atoms with Crippen LogP contribution in [0, 0.1) is 5.41 Å². The molecule has 0 spiro atoms. The highest BCUT2D eigenvalue weighted by Gasteiger charge is 2.41. The van der Waals surface area contributed by atoms with E-state index in [1.54, 1.807) is 25.3 Å². The molecule has 5 heterocycles. The number of benzene rings is 1. The van der Waals surface area contributed by atoms with E-state index in [1.165, 1.54) is 16.3 Å². The van der Waals surface area contributed by atoms with E-state index in [9.17, 15) is 14.4 Å². The first-order valence-corrected chi connectivity index (χ1v) is 20.0. The van der Waals surface area contributed by atoms with Gasteiger partial charge in [-0.1, -0.05) is 32.6 Å². The van der Waals surface area contributed by atoms with E-state index in [-0.39, 0.29) is 43.2 Å². The highest BCUT2D eigenvalue weighted by molar-refractivity contribution is 7.10. The Kier molecular flexibility index (Phi) is 12.3. The summed E-state index contributed by atoms with van der Waals surface area (Å²) in [6, 6.07) is 4.27. The summed E-state index contributed by atoms with van der Waals surface area (Å²) in [7, 11) is 3.30. The van der Waals surface area contributed by atoms with Crippen LogP contribution in [-0.4, -0.2) is 108 Å². The number of hydrogen-bond donors (Lipinski definition) is 2. The number of rotatable bonds is 8. The van der Waals surface area contributed by atoms with E-state index in [2.05, 4.69) is 60.9 Å². The fourth-order valence-corrected chi connectivity index (χ4v) is 8.67. The number of carbonyl (C=O) groups excluding carboxylic acids is 3. The minimum absolute atomic E-state index is 0.0582. The third kappa shape index (κ3) is 8.14. The Bertz CT molecular complexity index is 2000. The normalized spacial score (nSPS) is 24.2. The van der Waals surface area contributed by atoms with Crippen LogP contribution in [0.5, 0.6) is 0 Å². The second-order valence-corrected chi connectivity index (χ2v) is 16.3. The van der Waals surface area contributed by atoms with Crippen molar-refractivity contribution in [1.82, 2.24) is 30.2 Å². The van der Waals surface area contributed by atoms with Crippen molar-refractivity contribution in [2.75, 3.05) is 33.9 Å². The molecular formula is C41H55N7O6S. The summed E-state index contributed by atoms with van der Waals surface area (Å²) < 4.78 is 19.6. The van der Waals surface area contributed by atoms with Crippen LogP contribution in [0.25, 0.3) is 27.7 Å². The second-order valence-electron chi connectivity index (χ2n) is 15.3. The van der Waals surface area contributed by atoms with Gasteiger partial charge < -0.3 is 29.0 Å². The number of aromatic nitrogens is 2. The maximum absolute atomic E-state index is 14.2. The number of ether oxygens (including phenoxy) is 3. The number of nitrogens with zero attached hydrogens (tertiary/aromatic N) is 5. The van der Waals surface area contributed by atoms with Crippen molar-refractivity contribution in [3.8, 4) is 11.3 Å². The van der Waals surface area contributed by atoms with E-state index >= 15 is 0 Å². The molecule has 296 valence electrons. The van der Waals surface area contributed by atoms with Crippen LogP contribution in [-0.2, 0) is 43.2 Å². The zero-order valence-corrected chi connectivity index (χ0v) is 34.1. The lowest BCUT2D eigenvalue weighted by Gasteiger charge is -2.45. The number of methoxy groups -OCH3 is 2. The summed E-state index contributed by atoms with van der Waals surface area (Å²) in [5.74, 6) is -0.754. The number of nitrogens with one attached hydrogen (secondary N) is 2. The number of allylic oxidation sites excluding steroid dienone is 2. The molecule has 2 N–H and O–H groups in total. The van der Waals surface area contributed by atoms with Gasteiger partial charge in [0.05, 0.1) is 53.5 Å². The molecule has 0 radical (unpaired) electrons. The fourth-order valence-electron chi connectivity index (χ4n) is 7.82. The summed E-state index contributed by atoms with van der Waals surface area (Å²) >= 11 is 1.45. The van der Waals surface area contributed by atoms with Gasteiger partial charge in [0.1, 0.15) is 12.1 Å². The molecule has 2 saturated heterocycles. The smallest absolute Gasteiger partial charge is 0.324 e. The molecule has 3 aliphatic rings. The van der Waals surface area contributed by atoms with Crippen LogP contribution in [0.3, 0.4) is 0 Å². The lowest BCUT2D eigenvalue weighted by Crippen LogP contribution is -2.66. The molecular weight excluding hydrogens is 719 g/mol. The Hall–Kier alpha value is -4.37. The molecule has 0 unspecified atom stereocenters. The summed E-state index contributed by atoms with van der Waals surface area (Å²) in [6.07, 6.45) is 5.16. The fraction of sp³-hybridized carbons (Fsp3) is 0.537. The van der Waals surface area contributed by atoms with E-state index in [0.717, 1.165) is 44.7 Å². The Morgan fingerprint density at radius 2 is 2.07 bits per heavy atom. The average molecular weight is 774 g/mol. The predicted octanol–water partition coefficient (Wildman–Crippen LogP) is 5.77. The van der Waals surface area contributed by atoms with Crippen molar-refractivity contribution in [2.45, 2.75) is 104 Å². The maximum atomic E-state index is 14.2. The number of likely N-dealkylation sites (tertiary alicyclic amines) is 1. The molecule has 3 aliphatic heterocycles. The third-order valence-corrected chi connectivity index (χ3v) is 11.9. The molecule has 1 aromatic carbocycles. The molecule has 13 nitrogen and oxygen atoms in total. The number of aryl methyl sites for hydroxylation is 1. The number of esters is 1. The van der Waals surface area contributed by atoms with Crippen LogP contribution in [0.1, 0.15) is 70.6 Å². The molecule has 6 bridgehead atoms. The largest absolute Gasteiger partial charge is 0.464 e. The molecule has 55 heavy (non-hydrogen) atoms. The second kappa shape index (κ2) is 16.8. The number of thiazole rings is 1. The summed E-state index contributed by atoms with van der Waals surface area (Å²) in [5, 5.41) is 8.20. The average Bonchev–Trinajstić information content (AvgIpc) is 3.77. The molecule has 3 aromatic rings. The van der Waals surface area contributed by atoms with E-state index in [0.29, 0.717) is 43.9 Å². The number of fused-ring (bicyclic) bond motifs is 6. The van der Waals surface area contributed by atoms with Crippen LogP contribution in [0.4, 0.5) is 4.79 Å². The lowest BCUT2D eigenvalue weighted by atomic mass is 9.84. The van der Waals surface area contributed by atoms with Gasteiger partial charge in [0.15, 0.2) is 0 Å². The molecule has 0 aliphatic carbocycles. The minimum Gasteiger partial charge on any atom is -0.464 e. The number of amides is 3. The first-order valence-electron chi connectivity index (χ1n) is 19.2. The summed E-state index contributed by atoms with van der Waals surface area (Å²) in [6.45, 7) is 18.0. The topological polar surface area (TPSA) is 140 Å². The standard InChI is InChI=1S/C41H55N7O6S/c1-10-27(36(42-11-2)25(5)52-8)37-29-20-41(6,7)23-54-39(50)30-14-13-17-48(45-30)38(49)31(44-40(51)47-21-34(53-9)24(47)4)19-35-43-32(22-55-35)26-15-16-33(28(29)18-26)46(37)12-3/h10-11,15-16,18,22,24-25,30-31,34,45H,1,12-14,17,19-21,23H2,2-9H3,(H,44,51)/b36-27+,42-11-/t24-,25+,30+,31+,34-/m1/s1. The maximum Gasteiger partial charge on any atom is 0.324 e. The van der Waals surface area contributed by atoms with Crippen molar-refractivity contribution in [3.05, 3.63) is 58.2 Å². The summed E-state index contributed by atoms with van der Waals surface area (Å²) in [4.78, 5) is 52.8. The third-order valence-electron chi connectivity index (χ3n) is 11.0. The van der Waals surface area contributed by atoms with Crippen LogP contribution < -0.4 is 10.7 Å². The van der Waals surface area contributed by atoms with Gasteiger partial charge in [0.25, 0.3) is 5.91 Å². The molecule has 0 saturated carbocycles. The number of hydrazine groups is 1. The molecule has 6 rings (SSSR count). The monoisotopic (exact) mass is 773 g/mol. The Morgan fingerprint density at radius 1 is 1.29 bits per heavy atom. The van der Waals surface area contributed by atoms with Gasteiger partial charge in [-0.25, -0.2) is 15.2 Å². The Labute approximate surface area is 327 Å². The van der Waals surface area contributed by atoms with Gasteiger partial charge in [-0.3, -0.25) is 19.6 Å². The van der Waals surface area contributed by atoms with Gasteiger partial charge in [0, 0.05) is 72.8 Å². The molecule has 14 heteroatoms. The zero-order valence-electron chi connectivity index (χ0n) is 33.3. The van der Waals surface area contributed by atoms with Crippen LogP contribution in [0.2, 0.25) is 0 Å². The predicted molar refractivity (Wildman–Crippen MR) is 216 cm³/mol. The van der Waals surface area contributed by atoms with Gasteiger partial charge >= 0.3 is 12.0 Å². The van der Waals surface area contributed by atoms with Crippen molar-refractivity contribution in [2.24, 2.45) is 10.4 Å². The van der Waals surface area contributed by atoms with Gasteiger partial charge in [-0.05, 0) is 64.7 Å². The molecule has 2 fully saturated rings. The SMILES string of the molecule is C=C/C(=C(\N=C/C)[C@H](C)OC)c1c2c3cc(ccc3n1CC)-c1csc(n1)C[C@H](NC(=O)N1C[C@@H](OC)[C@H]1C)C(=O)N1CCC[C@H](N1)C(=O)OCC(C)(C)C2. The van der Waals surface area contributed by atoms with Crippen molar-refractivity contribution >= 4 is 51.9 Å². The van der Waals surface area contributed by atoms with Gasteiger partial charge in [-0.2, -0.15) is 0 Å². The number of carbonyl (C=O) groups is 3. The van der Waals surface area contributed by atoms with Crippen molar-refractivity contribution < 1.29 is 28.6 Å². The minimum atomic E-state index is -0.922. The van der Waals surface area contributed by atoms with Crippen molar-refractivity contribution in [3.63, 3.8) is 0 Å². The molecule has 2 aromatic heterocycles. The Balaban J connectivity index is 1.48. The van der Waals surface area contributed by atoms with E-state index in [4.69, 9.17) is 24.2 Å². The van der Waals surface area contributed by atoms with E-state index in [1.807, 2.05) is 32.2 Å². The Morgan fingerprint density at radius 3 is 2.75 bits per heavy atom. The quantitative estimate of drug-likeness (QED) is 0.167.